The van der Waals surface area contributed by atoms with Gasteiger partial charge in [0.15, 0.2) is 6.61 Å². The van der Waals surface area contributed by atoms with Gasteiger partial charge in [0.1, 0.15) is 11.6 Å². The highest BCUT2D eigenvalue weighted by molar-refractivity contribution is 7.92. The number of carbonyl (C=O) groups is 1. The van der Waals surface area contributed by atoms with Gasteiger partial charge in [-0.05, 0) is 43.2 Å². The second-order valence-electron chi connectivity index (χ2n) is 7.90. The standard InChI is InChI=1S/C23H29FN2O4S/c1-31(28,29)26(16-18-8-6-7-11-22(18)24)20-12-14-21(15-13-20)30-17-23(27)25-19-9-4-2-3-5-10-19/h6-8,11-15,19H,2-5,9-10,16-17H2,1H3,(H,25,27). The Hall–Kier alpha value is -2.61. The van der Waals surface area contributed by atoms with Crippen molar-refractivity contribution in [1.82, 2.24) is 5.32 Å². The van der Waals surface area contributed by atoms with Crippen molar-refractivity contribution in [1.29, 1.82) is 0 Å². The normalized spacial score (nSPS) is 15.2. The van der Waals surface area contributed by atoms with Gasteiger partial charge in [-0.1, -0.05) is 43.9 Å². The Balaban J connectivity index is 1.60. The second kappa shape index (κ2) is 10.6. The fourth-order valence-corrected chi connectivity index (χ4v) is 4.61. The molecule has 0 heterocycles. The average molecular weight is 449 g/mol. The van der Waals surface area contributed by atoms with E-state index in [4.69, 9.17) is 4.74 Å². The monoisotopic (exact) mass is 448 g/mol. The minimum Gasteiger partial charge on any atom is -0.484 e. The minimum atomic E-state index is -3.63. The predicted molar refractivity (Wildman–Crippen MR) is 119 cm³/mol. The third-order valence-corrected chi connectivity index (χ3v) is 6.53. The number of rotatable bonds is 8. The van der Waals surface area contributed by atoms with Gasteiger partial charge in [-0.2, -0.15) is 0 Å². The van der Waals surface area contributed by atoms with Crippen molar-refractivity contribution in [2.24, 2.45) is 0 Å². The first-order valence-corrected chi connectivity index (χ1v) is 12.4. The Morgan fingerprint density at radius 3 is 2.32 bits per heavy atom. The lowest BCUT2D eigenvalue weighted by atomic mass is 10.1. The van der Waals surface area contributed by atoms with E-state index in [1.54, 1.807) is 42.5 Å². The first-order valence-electron chi connectivity index (χ1n) is 10.6. The molecule has 0 atom stereocenters. The van der Waals surface area contributed by atoms with E-state index in [-0.39, 0.29) is 30.7 Å². The van der Waals surface area contributed by atoms with E-state index in [0.717, 1.165) is 36.2 Å². The van der Waals surface area contributed by atoms with Crippen LogP contribution >= 0.6 is 0 Å². The van der Waals surface area contributed by atoms with Crippen LogP contribution in [0.2, 0.25) is 0 Å². The second-order valence-corrected chi connectivity index (χ2v) is 9.81. The molecule has 0 aliphatic heterocycles. The van der Waals surface area contributed by atoms with Crippen LogP contribution in [0.3, 0.4) is 0 Å². The van der Waals surface area contributed by atoms with Crippen molar-refractivity contribution >= 4 is 21.6 Å². The quantitative estimate of drug-likeness (QED) is 0.619. The van der Waals surface area contributed by atoms with Crippen LogP contribution in [-0.2, 0) is 21.4 Å². The highest BCUT2D eigenvalue weighted by Gasteiger charge is 2.20. The highest BCUT2D eigenvalue weighted by atomic mass is 32.2. The summed E-state index contributed by atoms with van der Waals surface area (Å²) in [5, 5.41) is 3.02. The molecule has 0 unspecified atom stereocenters. The largest absolute Gasteiger partial charge is 0.484 e. The lowest BCUT2D eigenvalue weighted by Crippen LogP contribution is -2.37. The molecule has 1 fully saturated rings. The van der Waals surface area contributed by atoms with Crippen LogP contribution < -0.4 is 14.4 Å². The number of benzene rings is 2. The molecule has 0 bridgehead atoms. The Morgan fingerprint density at radius 2 is 1.71 bits per heavy atom. The summed E-state index contributed by atoms with van der Waals surface area (Å²) in [6.07, 6.45) is 7.80. The Kier molecular flexibility index (Phi) is 7.90. The van der Waals surface area contributed by atoms with Crippen molar-refractivity contribution in [3.8, 4) is 5.75 Å². The van der Waals surface area contributed by atoms with Crippen LogP contribution in [0.4, 0.5) is 10.1 Å². The van der Waals surface area contributed by atoms with Crippen molar-refractivity contribution in [3.63, 3.8) is 0 Å². The average Bonchev–Trinajstić information content (AvgIpc) is 3.00. The maximum atomic E-state index is 14.0. The van der Waals surface area contributed by atoms with Gasteiger partial charge in [-0.25, -0.2) is 12.8 Å². The van der Waals surface area contributed by atoms with E-state index in [9.17, 15) is 17.6 Å². The maximum absolute atomic E-state index is 14.0. The van der Waals surface area contributed by atoms with Gasteiger partial charge in [0.05, 0.1) is 18.5 Å². The molecular formula is C23H29FN2O4S. The van der Waals surface area contributed by atoms with E-state index in [2.05, 4.69) is 5.32 Å². The summed E-state index contributed by atoms with van der Waals surface area (Å²) in [5.41, 5.74) is 0.671. The number of ether oxygens (including phenoxy) is 1. The van der Waals surface area contributed by atoms with Gasteiger partial charge < -0.3 is 10.1 Å². The molecule has 1 saturated carbocycles. The zero-order valence-electron chi connectivity index (χ0n) is 17.7. The number of carbonyl (C=O) groups excluding carboxylic acids is 1. The molecule has 0 aromatic heterocycles. The molecule has 2 aromatic carbocycles. The van der Waals surface area contributed by atoms with E-state index in [0.29, 0.717) is 11.4 Å². The first kappa shape index (κ1) is 23.1. The summed E-state index contributed by atoms with van der Waals surface area (Å²) >= 11 is 0. The molecule has 0 radical (unpaired) electrons. The van der Waals surface area contributed by atoms with Crippen LogP contribution in [0.1, 0.15) is 44.1 Å². The number of halogens is 1. The number of nitrogens with one attached hydrogen (secondary N) is 1. The fraction of sp³-hybridized carbons (Fsp3) is 0.435. The molecule has 2 aromatic rings. The molecule has 1 aliphatic rings. The van der Waals surface area contributed by atoms with Crippen LogP contribution in [0.25, 0.3) is 0 Å². The van der Waals surface area contributed by atoms with Crippen LogP contribution in [0.5, 0.6) is 5.75 Å². The molecule has 1 N–H and O–H groups in total. The highest BCUT2D eigenvalue weighted by Crippen LogP contribution is 2.24. The van der Waals surface area contributed by atoms with Crippen LogP contribution in [0.15, 0.2) is 48.5 Å². The molecule has 8 heteroatoms. The van der Waals surface area contributed by atoms with Gasteiger partial charge in [-0.3, -0.25) is 9.10 Å². The number of sulfonamides is 1. The van der Waals surface area contributed by atoms with Gasteiger partial charge in [0, 0.05) is 11.6 Å². The molecule has 3 rings (SSSR count). The summed E-state index contributed by atoms with van der Waals surface area (Å²) in [5.74, 6) is -0.164. The molecule has 0 spiro atoms. The number of amides is 1. The van der Waals surface area contributed by atoms with Gasteiger partial charge in [-0.15, -0.1) is 0 Å². The van der Waals surface area contributed by atoms with E-state index in [1.807, 2.05) is 0 Å². The zero-order valence-corrected chi connectivity index (χ0v) is 18.5. The zero-order chi connectivity index (χ0) is 22.3. The summed E-state index contributed by atoms with van der Waals surface area (Å²) < 4.78 is 45.3. The third-order valence-electron chi connectivity index (χ3n) is 5.39. The summed E-state index contributed by atoms with van der Waals surface area (Å²) in [7, 11) is -3.63. The number of nitrogens with zero attached hydrogens (tertiary/aromatic N) is 1. The Morgan fingerprint density at radius 1 is 1.06 bits per heavy atom. The fourth-order valence-electron chi connectivity index (χ4n) is 3.73. The van der Waals surface area contributed by atoms with Gasteiger partial charge >= 0.3 is 0 Å². The predicted octanol–water partition coefficient (Wildman–Crippen LogP) is 4.01. The minimum absolute atomic E-state index is 0.0964. The molecule has 1 amide bonds. The SMILES string of the molecule is CS(=O)(=O)N(Cc1ccccc1F)c1ccc(OCC(=O)NC2CCCCCC2)cc1. The molecule has 0 saturated heterocycles. The van der Waals surface area contributed by atoms with Crippen molar-refractivity contribution in [3.05, 3.63) is 59.9 Å². The molecular weight excluding hydrogens is 419 g/mol. The lowest BCUT2D eigenvalue weighted by molar-refractivity contribution is -0.123. The van der Waals surface area contributed by atoms with Crippen molar-refractivity contribution in [2.75, 3.05) is 17.2 Å². The number of hydrogen-bond donors (Lipinski definition) is 1. The molecule has 1 aliphatic carbocycles. The number of anilines is 1. The van der Waals surface area contributed by atoms with E-state index >= 15 is 0 Å². The van der Waals surface area contributed by atoms with Gasteiger partial charge in [0.2, 0.25) is 10.0 Å². The first-order chi connectivity index (χ1) is 14.8. The van der Waals surface area contributed by atoms with Crippen molar-refractivity contribution < 1.29 is 22.3 Å². The topological polar surface area (TPSA) is 75.7 Å². The Bertz CT molecular complexity index is 971. The van der Waals surface area contributed by atoms with E-state index < -0.39 is 15.8 Å². The van der Waals surface area contributed by atoms with Crippen LogP contribution in [-0.4, -0.2) is 33.2 Å². The summed E-state index contributed by atoms with van der Waals surface area (Å²) in [6.45, 7) is -0.212. The molecule has 6 nitrogen and oxygen atoms in total. The number of hydrogen-bond acceptors (Lipinski definition) is 4. The maximum Gasteiger partial charge on any atom is 0.258 e. The van der Waals surface area contributed by atoms with Crippen molar-refractivity contribution in [2.45, 2.75) is 51.1 Å². The van der Waals surface area contributed by atoms with E-state index in [1.165, 1.54) is 18.9 Å². The van der Waals surface area contributed by atoms with Gasteiger partial charge in [0.25, 0.3) is 5.91 Å². The summed E-state index contributed by atoms with van der Waals surface area (Å²) in [4.78, 5) is 12.2. The third kappa shape index (κ3) is 6.95. The summed E-state index contributed by atoms with van der Waals surface area (Å²) in [6, 6.07) is 12.7. The molecule has 31 heavy (non-hydrogen) atoms. The molecule has 168 valence electrons. The Labute approximate surface area is 183 Å². The lowest BCUT2D eigenvalue weighted by Gasteiger charge is -2.23. The smallest absolute Gasteiger partial charge is 0.258 e. The van der Waals surface area contributed by atoms with Crippen LogP contribution in [0, 0.1) is 5.82 Å².